The van der Waals surface area contributed by atoms with Crippen LogP contribution < -0.4 is 15.3 Å². The predicted molar refractivity (Wildman–Crippen MR) is 413 cm³/mol. The Bertz CT molecular complexity index is 4550. The van der Waals surface area contributed by atoms with Gasteiger partial charge in [-0.25, -0.2) is 17.6 Å². The molecule has 1 fully saturated rings. The van der Waals surface area contributed by atoms with Gasteiger partial charge in [0.05, 0.1) is 6.04 Å². The minimum atomic E-state index is -2.88. The molecule has 0 spiro atoms. The molecule has 7 heteroatoms. The van der Waals surface area contributed by atoms with Gasteiger partial charge in [-0.3, -0.25) is 0 Å². The van der Waals surface area contributed by atoms with E-state index in [0.29, 0.717) is 52.7 Å². The fourth-order valence-corrected chi connectivity index (χ4v) is 29.8. The highest BCUT2D eigenvalue weighted by Crippen LogP contribution is 2.71. The second kappa shape index (κ2) is 26.4. The van der Waals surface area contributed by atoms with Crippen LogP contribution in [0.1, 0.15) is 153 Å². The van der Waals surface area contributed by atoms with Crippen LogP contribution in [-0.4, -0.2) is 25.2 Å². The molecular weight excluding hydrogens is 1260 g/mol. The highest BCUT2D eigenvalue weighted by molar-refractivity contribution is 7.10. The van der Waals surface area contributed by atoms with E-state index in [1.54, 1.807) is 11.6 Å². The van der Waals surface area contributed by atoms with Crippen LogP contribution in [0, 0.1) is 76.2 Å². The van der Waals surface area contributed by atoms with E-state index in [1.165, 1.54) is 84.8 Å². The molecular formula is C94H98F4N2Si. The number of nitrogens with zero attached hydrogens (tertiary/aromatic N) is 2. The first-order valence-corrected chi connectivity index (χ1v) is 40.6. The topological polar surface area (TPSA) is 6.48 Å². The van der Waals surface area contributed by atoms with Crippen LogP contribution in [0.2, 0.25) is 5.54 Å². The van der Waals surface area contributed by atoms with Gasteiger partial charge in [-0.15, -0.1) is 6.58 Å². The van der Waals surface area contributed by atoms with Gasteiger partial charge in [0.2, 0.25) is 0 Å². The van der Waals surface area contributed by atoms with Gasteiger partial charge in [0.1, 0.15) is 13.9 Å². The van der Waals surface area contributed by atoms with Crippen LogP contribution >= 0.6 is 0 Å². The molecule has 101 heavy (non-hydrogen) atoms. The molecule has 1 saturated carbocycles. The lowest BCUT2D eigenvalue weighted by atomic mass is 9.50. The van der Waals surface area contributed by atoms with Crippen LogP contribution in [0.15, 0.2) is 282 Å². The smallest absolute Gasteiger partial charge is 0.160 e. The van der Waals surface area contributed by atoms with Gasteiger partial charge in [-0.1, -0.05) is 200 Å². The molecule has 0 saturated heterocycles. The zero-order chi connectivity index (χ0) is 69.1. The number of anilines is 3. The van der Waals surface area contributed by atoms with Crippen LogP contribution in [0.5, 0.6) is 0 Å². The van der Waals surface area contributed by atoms with E-state index in [-0.39, 0.29) is 41.5 Å². The molecule has 17 rings (SSSR count). The fourth-order valence-electron chi connectivity index (χ4n) is 23.5. The summed E-state index contributed by atoms with van der Waals surface area (Å²) in [5.41, 5.74) is 16.5. The summed E-state index contributed by atoms with van der Waals surface area (Å²) in [4.78, 5) is 4.74. The summed E-state index contributed by atoms with van der Waals surface area (Å²) in [7, 11) is -2.88. The van der Waals surface area contributed by atoms with E-state index in [4.69, 9.17) is 0 Å². The molecule has 516 valence electrons. The molecule has 17 unspecified atom stereocenters. The number of hydrogen-bond acceptors (Lipinski definition) is 2. The summed E-state index contributed by atoms with van der Waals surface area (Å²) in [5.74, 6) is 1.31. The molecule has 0 amide bonds. The van der Waals surface area contributed by atoms with Gasteiger partial charge in [-0.05, 0) is 267 Å². The SMILES string of the molecule is C=CC1=CC=C(C2(C3CC(C)=CCC3C)C3CCC=CC3C3C=CC(N(C4=CC5=C(CC4)[Si](c4ccccc4)(C4CC=CCC4)c4ccc(N(c6ccc(F)c(F)c6)c6ccc7c(c6)C(C6=CCC(C=C)C=C6)(C6CC(C)=CCC6C)C6C=CC=CC76)cc45)C4=CC=C(F)C(F)C4)CC32)CC1. The van der Waals surface area contributed by atoms with E-state index < -0.39 is 37.1 Å². The number of halogens is 4. The van der Waals surface area contributed by atoms with Crippen molar-refractivity contribution in [1.82, 2.24) is 4.90 Å². The Hall–Kier alpha value is -8.00. The van der Waals surface area contributed by atoms with Crippen molar-refractivity contribution in [3.63, 3.8) is 0 Å². The Kier molecular flexibility index (Phi) is 17.3. The van der Waals surface area contributed by atoms with Crippen molar-refractivity contribution in [1.29, 1.82) is 0 Å². The van der Waals surface area contributed by atoms with E-state index in [1.807, 2.05) is 6.08 Å². The Balaban J connectivity index is 0.861. The largest absolute Gasteiger partial charge is 0.342 e. The molecule has 0 bridgehead atoms. The third-order valence-corrected chi connectivity index (χ3v) is 33.5. The minimum absolute atomic E-state index is 0.0386. The van der Waals surface area contributed by atoms with E-state index >= 15 is 17.6 Å². The van der Waals surface area contributed by atoms with Crippen LogP contribution in [0.3, 0.4) is 0 Å². The van der Waals surface area contributed by atoms with Gasteiger partial charge in [0, 0.05) is 63.6 Å². The average molecular weight is 1360 g/mol. The number of hydrogen-bond donors (Lipinski definition) is 0. The second-order valence-corrected chi connectivity index (χ2v) is 36.6. The third-order valence-electron chi connectivity index (χ3n) is 27.7. The highest BCUT2D eigenvalue weighted by atomic mass is 28.3. The summed E-state index contributed by atoms with van der Waals surface area (Å²) in [5, 5.41) is 4.34. The molecule has 0 aromatic heterocycles. The maximum atomic E-state index is 16.6. The van der Waals surface area contributed by atoms with Gasteiger partial charge in [-0.2, -0.15) is 0 Å². The molecule has 4 aromatic rings. The standard InChI is InChI=1S/C94H98F4N2Si/c1-7-63-31-35-65(36-32-63)93(83-51-59(3)27-29-61(83)5)81-25-17-15-23-75(81)77-45-39-69(55-85(77)93)99(71-41-47-87(95)89(97)57-71)67-43-49-91-79(53-67)80-54-68(44-50-92(80)101(91,73-19-11-9-12-20-73)74-21-13-10-14-22-74)100(72-42-48-88(96)90(98)58-72)70-40-46-78-76-24-16-18-26-82(76)94(86(78)56-70,66-37-33-64(8-2)34-38-66)84-52-60(4)28-30-62(84)6/h7-13,15-17,19-20,23-25,27-28,31,33,35-37,39-43,45-49,53-55,57,61-63,70,74-76,78,81-84,86,90H,1-2,14,18,21-22,26,29-30,32,34,38,44,50-52,56,58H2,3-6H3. The maximum absolute atomic E-state index is 16.6. The summed E-state index contributed by atoms with van der Waals surface area (Å²) in [6.45, 7) is 18.1. The van der Waals surface area contributed by atoms with Crippen molar-refractivity contribution in [2.75, 3.05) is 4.90 Å². The van der Waals surface area contributed by atoms with E-state index in [0.717, 1.165) is 113 Å². The molecule has 13 aliphatic rings. The number of fused-ring (bicyclic) bond motifs is 8. The molecule has 17 atom stereocenters. The van der Waals surface area contributed by atoms with Crippen LogP contribution in [0.25, 0.3) is 5.57 Å². The van der Waals surface area contributed by atoms with Crippen molar-refractivity contribution in [3.8, 4) is 0 Å². The molecule has 1 aliphatic heterocycles. The van der Waals surface area contributed by atoms with Crippen molar-refractivity contribution < 1.29 is 17.6 Å². The molecule has 1 heterocycles. The molecule has 12 aliphatic carbocycles. The number of benzene rings is 4. The Morgan fingerprint density at radius 2 is 1.39 bits per heavy atom. The van der Waals surface area contributed by atoms with Gasteiger partial charge >= 0.3 is 0 Å². The first-order chi connectivity index (χ1) is 49.2. The molecule has 0 radical (unpaired) electrons. The fraction of sp³-hybridized carbons (Fsp3) is 0.383. The van der Waals surface area contributed by atoms with Crippen molar-refractivity contribution in [3.05, 3.63) is 310 Å². The quantitative estimate of drug-likeness (QED) is 0.0705. The zero-order valence-electron chi connectivity index (χ0n) is 59.5. The van der Waals surface area contributed by atoms with Gasteiger partial charge in [0.25, 0.3) is 0 Å². The van der Waals surface area contributed by atoms with Crippen LogP contribution in [0.4, 0.5) is 34.6 Å². The summed E-state index contributed by atoms with van der Waals surface area (Å²) in [6.07, 6.45) is 64.7. The minimum Gasteiger partial charge on any atom is -0.342 e. The van der Waals surface area contributed by atoms with E-state index in [9.17, 15) is 0 Å². The van der Waals surface area contributed by atoms with Gasteiger partial charge < -0.3 is 9.80 Å². The Morgan fingerprint density at radius 3 is 2.14 bits per heavy atom. The monoisotopic (exact) mass is 1360 g/mol. The first kappa shape index (κ1) is 66.3. The summed E-state index contributed by atoms with van der Waals surface area (Å²) in [6, 6.07) is 30.0. The second-order valence-electron chi connectivity index (χ2n) is 32.5. The van der Waals surface area contributed by atoms with Crippen molar-refractivity contribution in [2.45, 2.75) is 160 Å². The summed E-state index contributed by atoms with van der Waals surface area (Å²) >= 11 is 0. The third kappa shape index (κ3) is 10.5. The van der Waals surface area contributed by atoms with Gasteiger partial charge in [0.15, 0.2) is 17.8 Å². The highest BCUT2D eigenvalue weighted by Gasteiger charge is 2.65. The van der Waals surface area contributed by atoms with Crippen LogP contribution in [-0.2, 0) is 5.41 Å². The molecule has 4 aromatic carbocycles. The molecule has 2 nitrogen and oxygen atoms in total. The lowest BCUT2D eigenvalue weighted by Crippen LogP contribution is -2.62. The Morgan fingerprint density at radius 1 is 0.624 bits per heavy atom. The lowest BCUT2D eigenvalue weighted by molar-refractivity contribution is 0.0204. The van der Waals surface area contributed by atoms with E-state index in [2.05, 4.69) is 239 Å². The number of allylic oxidation sites excluding steroid dienone is 31. The normalized spacial score (nSPS) is 34.9. The average Bonchev–Trinajstić information content (AvgIpc) is 1.56. The molecule has 0 N–H and O–H groups in total. The number of rotatable bonds is 14. The first-order valence-electron chi connectivity index (χ1n) is 38.5. The number of alkyl halides is 1. The maximum Gasteiger partial charge on any atom is 0.160 e. The van der Waals surface area contributed by atoms with Crippen molar-refractivity contribution >= 4 is 41.1 Å². The van der Waals surface area contributed by atoms with Crippen molar-refractivity contribution in [2.24, 2.45) is 64.6 Å². The predicted octanol–water partition coefficient (Wildman–Crippen LogP) is 23.6. The zero-order valence-corrected chi connectivity index (χ0v) is 60.5. The Labute approximate surface area is 599 Å². The lowest BCUT2D eigenvalue weighted by Gasteiger charge is -2.55. The summed E-state index contributed by atoms with van der Waals surface area (Å²) < 4.78 is 64.5.